The third-order valence-electron chi connectivity index (χ3n) is 2.30. The number of rotatable bonds is 3. The molecule has 72 valence electrons. The lowest BCUT2D eigenvalue weighted by molar-refractivity contribution is 0.557. The van der Waals surface area contributed by atoms with Crippen molar-refractivity contribution in [2.45, 2.75) is 6.04 Å². The Morgan fingerprint density at radius 2 is 1.86 bits per heavy atom. The maximum Gasteiger partial charge on any atom is 0.0953 e. The van der Waals surface area contributed by atoms with Crippen LogP contribution in [0.15, 0.2) is 53.3 Å². The lowest BCUT2D eigenvalue weighted by Crippen LogP contribution is -2.16. The number of nitrogens with one attached hydrogen (secondary N) is 1. The highest BCUT2D eigenvalue weighted by Gasteiger charge is 2.11. The quantitative estimate of drug-likeness (QED) is 0.799. The maximum atomic E-state index is 5.08. The topological polar surface area (TPSA) is 25.2 Å². The standard InChI is InChI=1S/C12H13NO/c1-13-12(11-7-8-14-9-11)10-5-3-2-4-6-10/h2-9,12-13H,1H3. The average molecular weight is 187 g/mol. The fourth-order valence-electron chi connectivity index (χ4n) is 1.61. The van der Waals surface area contributed by atoms with Gasteiger partial charge in [-0.3, -0.25) is 0 Å². The van der Waals surface area contributed by atoms with Crippen LogP contribution in [0.3, 0.4) is 0 Å². The minimum atomic E-state index is 0.218. The van der Waals surface area contributed by atoms with Crippen molar-refractivity contribution >= 4 is 0 Å². The lowest BCUT2D eigenvalue weighted by Gasteiger charge is -2.14. The zero-order valence-electron chi connectivity index (χ0n) is 8.10. The van der Waals surface area contributed by atoms with Crippen molar-refractivity contribution in [1.82, 2.24) is 5.32 Å². The van der Waals surface area contributed by atoms with E-state index in [1.165, 1.54) is 5.56 Å². The van der Waals surface area contributed by atoms with E-state index in [2.05, 4.69) is 17.4 Å². The van der Waals surface area contributed by atoms with E-state index in [0.29, 0.717) is 0 Å². The Morgan fingerprint density at radius 1 is 1.07 bits per heavy atom. The van der Waals surface area contributed by atoms with E-state index in [0.717, 1.165) is 5.56 Å². The Kier molecular flexibility index (Phi) is 2.65. The van der Waals surface area contributed by atoms with Crippen LogP contribution in [0.5, 0.6) is 0 Å². The molecule has 1 heterocycles. The van der Waals surface area contributed by atoms with Gasteiger partial charge in [-0.2, -0.15) is 0 Å². The van der Waals surface area contributed by atoms with Crippen LogP contribution in [0.25, 0.3) is 0 Å². The Labute approximate surface area is 83.6 Å². The van der Waals surface area contributed by atoms with Gasteiger partial charge in [-0.25, -0.2) is 0 Å². The molecule has 1 aromatic heterocycles. The molecule has 0 spiro atoms. The largest absolute Gasteiger partial charge is 0.472 e. The molecule has 1 unspecified atom stereocenters. The fourth-order valence-corrected chi connectivity index (χ4v) is 1.61. The summed E-state index contributed by atoms with van der Waals surface area (Å²) in [4.78, 5) is 0. The number of furan rings is 1. The molecule has 0 radical (unpaired) electrons. The lowest BCUT2D eigenvalue weighted by atomic mass is 10.0. The molecule has 2 aromatic rings. The molecule has 0 amide bonds. The van der Waals surface area contributed by atoms with E-state index in [4.69, 9.17) is 4.42 Å². The smallest absolute Gasteiger partial charge is 0.0953 e. The van der Waals surface area contributed by atoms with Crippen molar-refractivity contribution in [3.63, 3.8) is 0 Å². The first-order valence-corrected chi connectivity index (χ1v) is 4.66. The van der Waals surface area contributed by atoms with E-state index < -0.39 is 0 Å². The second-order valence-electron chi connectivity index (χ2n) is 3.19. The van der Waals surface area contributed by atoms with E-state index in [-0.39, 0.29) is 6.04 Å². The monoisotopic (exact) mass is 187 g/mol. The highest BCUT2D eigenvalue weighted by atomic mass is 16.3. The summed E-state index contributed by atoms with van der Waals surface area (Å²) >= 11 is 0. The summed E-state index contributed by atoms with van der Waals surface area (Å²) in [5, 5.41) is 3.26. The SMILES string of the molecule is CNC(c1ccccc1)c1ccoc1. The molecule has 0 fully saturated rings. The first-order chi connectivity index (χ1) is 6.92. The van der Waals surface area contributed by atoms with Gasteiger partial charge in [-0.05, 0) is 18.7 Å². The highest BCUT2D eigenvalue weighted by Crippen LogP contribution is 2.21. The first-order valence-electron chi connectivity index (χ1n) is 4.66. The van der Waals surface area contributed by atoms with Crippen LogP contribution in [0.4, 0.5) is 0 Å². The maximum absolute atomic E-state index is 5.08. The molecule has 1 atom stereocenters. The molecule has 1 N–H and O–H groups in total. The van der Waals surface area contributed by atoms with Crippen molar-refractivity contribution in [3.05, 3.63) is 60.1 Å². The van der Waals surface area contributed by atoms with E-state index in [1.54, 1.807) is 12.5 Å². The fraction of sp³-hybridized carbons (Fsp3) is 0.167. The molecule has 0 aliphatic rings. The number of hydrogen-bond donors (Lipinski definition) is 1. The molecule has 2 nitrogen and oxygen atoms in total. The van der Waals surface area contributed by atoms with Gasteiger partial charge in [0.25, 0.3) is 0 Å². The normalized spacial score (nSPS) is 12.6. The van der Waals surface area contributed by atoms with E-state index in [1.807, 2.05) is 31.3 Å². The van der Waals surface area contributed by atoms with Crippen molar-refractivity contribution in [1.29, 1.82) is 0 Å². The summed E-state index contributed by atoms with van der Waals surface area (Å²) in [7, 11) is 1.95. The molecule has 0 aliphatic heterocycles. The molecule has 0 saturated carbocycles. The second kappa shape index (κ2) is 4.11. The third-order valence-corrected chi connectivity index (χ3v) is 2.30. The predicted octanol–water partition coefficient (Wildman–Crippen LogP) is 2.59. The number of benzene rings is 1. The third kappa shape index (κ3) is 1.70. The zero-order chi connectivity index (χ0) is 9.80. The summed E-state index contributed by atoms with van der Waals surface area (Å²) in [5.41, 5.74) is 2.40. The molecule has 0 bridgehead atoms. The summed E-state index contributed by atoms with van der Waals surface area (Å²) in [6.45, 7) is 0. The minimum absolute atomic E-state index is 0.218. The van der Waals surface area contributed by atoms with Crippen molar-refractivity contribution in [2.24, 2.45) is 0 Å². The second-order valence-corrected chi connectivity index (χ2v) is 3.19. The van der Waals surface area contributed by atoms with Gasteiger partial charge in [0.1, 0.15) is 0 Å². The van der Waals surface area contributed by atoms with Crippen LogP contribution in [0.2, 0.25) is 0 Å². The van der Waals surface area contributed by atoms with Gasteiger partial charge < -0.3 is 9.73 Å². The summed E-state index contributed by atoms with van der Waals surface area (Å²) in [6.07, 6.45) is 3.47. The summed E-state index contributed by atoms with van der Waals surface area (Å²) < 4.78 is 5.08. The summed E-state index contributed by atoms with van der Waals surface area (Å²) in [6, 6.07) is 12.5. The van der Waals surface area contributed by atoms with Crippen molar-refractivity contribution in [2.75, 3.05) is 7.05 Å². The summed E-state index contributed by atoms with van der Waals surface area (Å²) in [5.74, 6) is 0. The van der Waals surface area contributed by atoms with Crippen molar-refractivity contribution in [3.8, 4) is 0 Å². The molecule has 2 heteroatoms. The highest BCUT2D eigenvalue weighted by molar-refractivity contribution is 5.28. The zero-order valence-corrected chi connectivity index (χ0v) is 8.10. The van der Waals surface area contributed by atoms with E-state index in [9.17, 15) is 0 Å². The Morgan fingerprint density at radius 3 is 2.43 bits per heavy atom. The average Bonchev–Trinajstić information content (AvgIpc) is 2.74. The number of hydrogen-bond acceptors (Lipinski definition) is 2. The van der Waals surface area contributed by atoms with Gasteiger partial charge >= 0.3 is 0 Å². The van der Waals surface area contributed by atoms with Crippen LogP contribution >= 0.6 is 0 Å². The molecule has 0 aliphatic carbocycles. The van der Waals surface area contributed by atoms with Crippen LogP contribution in [0, 0.1) is 0 Å². The molecule has 2 rings (SSSR count). The van der Waals surface area contributed by atoms with Crippen LogP contribution < -0.4 is 5.32 Å². The first kappa shape index (κ1) is 9.03. The van der Waals surface area contributed by atoms with Crippen LogP contribution in [0.1, 0.15) is 17.2 Å². The van der Waals surface area contributed by atoms with Gasteiger partial charge in [0.2, 0.25) is 0 Å². The van der Waals surface area contributed by atoms with Gasteiger partial charge in [0.15, 0.2) is 0 Å². The Bertz CT molecular complexity index is 366. The molecule has 14 heavy (non-hydrogen) atoms. The minimum Gasteiger partial charge on any atom is -0.472 e. The molecular weight excluding hydrogens is 174 g/mol. The van der Waals surface area contributed by atoms with Crippen LogP contribution in [-0.2, 0) is 0 Å². The van der Waals surface area contributed by atoms with E-state index >= 15 is 0 Å². The predicted molar refractivity (Wildman–Crippen MR) is 56.1 cm³/mol. The van der Waals surface area contributed by atoms with Gasteiger partial charge in [-0.15, -0.1) is 0 Å². The van der Waals surface area contributed by atoms with Gasteiger partial charge in [-0.1, -0.05) is 30.3 Å². The Hall–Kier alpha value is -1.54. The molecule has 1 aromatic carbocycles. The van der Waals surface area contributed by atoms with Gasteiger partial charge in [0.05, 0.1) is 18.6 Å². The van der Waals surface area contributed by atoms with Crippen LogP contribution in [-0.4, -0.2) is 7.05 Å². The van der Waals surface area contributed by atoms with Crippen molar-refractivity contribution < 1.29 is 4.42 Å². The molecular formula is C12H13NO. The Balaban J connectivity index is 2.31. The van der Waals surface area contributed by atoms with Gasteiger partial charge in [0, 0.05) is 5.56 Å². The molecule has 0 saturated heterocycles.